The topological polar surface area (TPSA) is 87.3 Å². The van der Waals surface area contributed by atoms with Gasteiger partial charge in [0.2, 0.25) is 5.91 Å². The second-order valence-corrected chi connectivity index (χ2v) is 3.75. The van der Waals surface area contributed by atoms with Crippen molar-refractivity contribution < 1.29 is 18.8 Å². The van der Waals surface area contributed by atoms with Gasteiger partial charge >= 0.3 is 6.03 Å². The van der Waals surface area contributed by atoms with Gasteiger partial charge in [-0.3, -0.25) is 14.9 Å². The number of halogens is 1. The van der Waals surface area contributed by atoms with Crippen LogP contribution < -0.4 is 16.0 Å². The number of carbonyl (C=O) groups is 3. The van der Waals surface area contributed by atoms with Gasteiger partial charge in [-0.15, -0.1) is 0 Å². The molecule has 4 amide bonds. The van der Waals surface area contributed by atoms with Crippen molar-refractivity contribution in [3.05, 3.63) is 30.1 Å². The maximum Gasteiger partial charge on any atom is 0.322 e. The summed E-state index contributed by atoms with van der Waals surface area (Å²) in [5.74, 6) is -1.68. The Balaban J connectivity index is 1.95. The number of rotatable bonds is 3. The van der Waals surface area contributed by atoms with E-state index in [0.717, 1.165) is 0 Å². The zero-order valence-corrected chi connectivity index (χ0v) is 9.20. The Morgan fingerprint density at radius 2 is 2.06 bits per heavy atom. The van der Waals surface area contributed by atoms with Crippen LogP contribution in [-0.4, -0.2) is 23.9 Å². The first-order valence-corrected chi connectivity index (χ1v) is 5.22. The maximum atomic E-state index is 13.2. The highest BCUT2D eigenvalue weighted by atomic mass is 19.1. The van der Waals surface area contributed by atoms with Crippen molar-refractivity contribution in [1.82, 2.24) is 10.6 Å². The van der Waals surface area contributed by atoms with Crippen LogP contribution in [0, 0.1) is 5.82 Å². The number of urea groups is 1. The normalized spacial score (nSPS) is 18.2. The summed E-state index contributed by atoms with van der Waals surface area (Å²) >= 11 is 0. The van der Waals surface area contributed by atoms with E-state index in [9.17, 15) is 18.8 Å². The van der Waals surface area contributed by atoms with Gasteiger partial charge in [0.1, 0.15) is 11.9 Å². The van der Waals surface area contributed by atoms with Gasteiger partial charge in [-0.2, -0.15) is 0 Å². The predicted octanol–water partition coefficient (Wildman–Crippen LogP) is 0.362. The molecular formula is C11H10FN3O3. The molecule has 0 spiro atoms. The molecule has 1 fully saturated rings. The molecule has 1 atom stereocenters. The lowest BCUT2D eigenvalue weighted by Gasteiger charge is -2.08. The molecule has 7 heteroatoms. The molecule has 1 saturated heterocycles. The van der Waals surface area contributed by atoms with Crippen LogP contribution >= 0.6 is 0 Å². The Morgan fingerprint density at radius 1 is 1.33 bits per heavy atom. The number of amides is 4. The van der Waals surface area contributed by atoms with Crippen LogP contribution in [0.3, 0.4) is 0 Å². The molecule has 1 aliphatic rings. The van der Waals surface area contributed by atoms with Gasteiger partial charge in [-0.25, -0.2) is 9.18 Å². The molecule has 0 saturated carbocycles. The minimum absolute atomic E-state index is 0.0345. The largest absolute Gasteiger partial charge is 0.325 e. The quantitative estimate of drug-likeness (QED) is 0.678. The van der Waals surface area contributed by atoms with Crippen LogP contribution in [0.2, 0.25) is 0 Å². The van der Waals surface area contributed by atoms with Crippen molar-refractivity contribution in [1.29, 1.82) is 0 Å². The summed E-state index contributed by atoms with van der Waals surface area (Å²) in [4.78, 5) is 33.6. The molecule has 1 aliphatic heterocycles. The lowest BCUT2D eigenvalue weighted by atomic mass is 10.2. The van der Waals surface area contributed by atoms with Gasteiger partial charge < -0.3 is 10.6 Å². The lowest BCUT2D eigenvalue weighted by molar-refractivity contribution is -0.124. The smallest absolute Gasteiger partial charge is 0.322 e. The number of imide groups is 1. The molecule has 2 rings (SSSR count). The van der Waals surface area contributed by atoms with Crippen molar-refractivity contribution in [3.63, 3.8) is 0 Å². The van der Waals surface area contributed by atoms with Gasteiger partial charge in [0.25, 0.3) is 5.91 Å². The predicted molar refractivity (Wildman–Crippen MR) is 60.1 cm³/mol. The van der Waals surface area contributed by atoms with Crippen LogP contribution in [-0.2, 0) is 9.59 Å². The number of benzene rings is 1. The second kappa shape index (κ2) is 4.82. The summed E-state index contributed by atoms with van der Waals surface area (Å²) in [6.45, 7) is 0. The lowest BCUT2D eigenvalue weighted by Crippen LogP contribution is -2.33. The molecule has 3 N–H and O–H groups in total. The molecule has 0 aliphatic carbocycles. The van der Waals surface area contributed by atoms with E-state index in [1.807, 2.05) is 5.32 Å². The van der Waals surface area contributed by atoms with Crippen molar-refractivity contribution in [2.45, 2.75) is 12.5 Å². The number of nitrogens with one attached hydrogen (secondary N) is 3. The standard InChI is InChI=1S/C11H10FN3O3/c12-6-3-1-2-4-7(6)13-9(16)5-8-10(17)15-11(18)14-8/h1-4,8H,5H2,(H,13,16)(H2,14,15,17,18). The van der Waals surface area contributed by atoms with Gasteiger partial charge in [0.05, 0.1) is 12.1 Å². The Labute approximate surface area is 102 Å². The van der Waals surface area contributed by atoms with E-state index < -0.39 is 29.7 Å². The third kappa shape index (κ3) is 2.62. The molecule has 94 valence electrons. The van der Waals surface area contributed by atoms with Crippen molar-refractivity contribution in [2.24, 2.45) is 0 Å². The van der Waals surface area contributed by atoms with Crippen molar-refractivity contribution in [3.8, 4) is 0 Å². The first-order valence-electron chi connectivity index (χ1n) is 5.22. The highest BCUT2D eigenvalue weighted by Gasteiger charge is 2.31. The SMILES string of the molecule is O=C(CC1NC(=O)NC1=O)Nc1ccccc1F. The number of hydrogen-bond donors (Lipinski definition) is 3. The molecule has 1 aromatic carbocycles. The van der Waals surface area contributed by atoms with Crippen LogP contribution in [0.4, 0.5) is 14.9 Å². The maximum absolute atomic E-state index is 13.2. The molecule has 0 radical (unpaired) electrons. The van der Waals surface area contributed by atoms with Crippen LogP contribution in [0.5, 0.6) is 0 Å². The van der Waals surface area contributed by atoms with E-state index >= 15 is 0 Å². The zero-order chi connectivity index (χ0) is 13.1. The monoisotopic (exact) mass is 251 g/mol. The minimum Gasteiger partial charge on any atom is -0.325 e. The fraction of sp³-hybridized carbons (Fsp3) is 0.182. The molecular weight excluding hydrogens is 241 g/mol. The summed E-state index contributed by atoms with van der Waals surface area (Å²) in [5.41, 5.74) is 0.0345. The number of carbonyl (C=O) groups excluding carboxylic acids is 3. The third-order valence-corrected chi connectivity index (χ3v) is 2.40. The number of para-hydroxylation sites is 1. The average molecular weight is 251 g/mol. The minimum atomic E-state index is -0.913. The molecule has 1 heterocycles. The van der Waals surface area contributed by atoms with Gasteiger partial charge in [0, 0.05) is 0 Å². The highest BCUT2D eigenvalue weighted by molar-refractivity contribution is 6.06. The Morgan fingerprint density at radius 3 is 2.67 bits per heavy atom. The molecule has 0 bridgehead atoms. The fourth-order valence-electron chi connectivity index (χ4n) is 1.55. The molecule has 0 aromatic heterocycles. The van der Waals surface area contributed by atoms with Crippen LogP contribution in [0.15, 0.2) is 24.3 Å². The highest BCUT2D eigenvalue weighted by Crippen LogP contribution is 2.13. The summed E-state index contributed by atoms with van der Waals surface area (Å²) in [7, 11) is 0. The first-order chi connectivity index (χ1) is 8.56. The Hall–Kier alpha value is -2.44. The van der Waals surface area contributed by atoms with E-state index in [0.29, 0.717) is 0 Å². The van der Waals surface area contributed by atoms with E-state index in [2.05, 4.69) is 10.6 Å². The first kappa shape index (κ1) is 12.0. The average Bonchev–Trinajstić information content (AvgIpc) is 2.61. The second-order valence-electron chi connectivity index (χ2n) is 3.75. The van der Waals surface area contributed by atoms with Crippen LogP contribution in [0.1, 0.15) is 6.42 Å². The van der Waals surface area contributed by atoms with Crippen molar-refractivity contribution >= 4 is 23.5 Å². The van der Waals surface area contributed by atoms with Gasteiger partial charge in [0.15, 0.2) is 0 Å². The molecule has 1 aromatic rings. The van der Waals surface area contributed by atoms with Crippen LogP contribution in [0.25, 0.3) is 0 Å². The molecule has 6 nitrogen and oxygen atoms in total. The summed E-state index contributed by atoms with van der Waals surface area (Å²) < 4.78 is 13.2. The third-order valence-electron chi connectivity index (χ3n) is 2.40. The van der Waals surface area contributed by atoms with Gasteiger partial charge in [-0.1, -0.05) is 12.1 Å². The number of hydrogen-bond acceptors (Lipinski definition) is 3. The molecule has 1 unspecified atom stereocenters. The fourth-order valence-corrected chi connectivity index (χ4v) is 1.55. The van der Waals surface area contributed by atoms with E-state index in [1.165, 1.54) is 18.2 Å². The van der Waals surface area contributed by atoms with Crippen molar-refractivity contribution in [2.75, 3.05) is 5.32 Å². The molecule has 18 heavy (non-hydrogen) atoms. The van der Waals surface area contributed by atoms with E-state index in [1.54, 1.807) is 6.07 Å². The Bertz CT molecular complexity index is 518. The summed E-state index contributed by atoms with van der Waals surface area (Å²) in [5, 5.41) is 6.61. The summed E-state index contributed by atoms with van der Waals surface area (Å²) in [6.07, 6.45) is -0.244. The summed E-state index contributed by atoms with van der Waals surface area (Å²) in [6, 6.07) is 4.13. The number of anilines is 1. The van der Waals surface area contributed by atoms with E-state index in [4.69, 9.17) is 0 Å². The van der Waals surface area contributed by atoms with E-state index in [-0.39, 0.29) is 12.1 Å². The van der Waals surface area contributed by atoms with Gasteiger partial charge in [-0.05, 0) is 12.1 Å². The zero-order valence-electron chi connectivity index (χ0n) is 9.20. The Kier molecular flexibility index (Phi) is 3.22.